The first kappa shape index (κ1) is 24.0. The Morgan fingerprint density at radius 2 is 1.97 bits per heavy atom. The maximum absolute atomic E-state index is 13.4. The van der Waals surface area contributed by atoms with E-state index in [-0.39, 0.29) is 18.6 Å². The molecule has 6 nitrogen and oxygen atoms in total. The van der Waals surface area contributed by atoms with Gasteiger partial charge in [0.1, 0.15) is 5.75 Å². The smallest absolute Gasteiger partial charge is 0.252 e. The number of aliphatic hydroxyl groups excluding tert-OH is 1. The molecule has 1 aliphatic heterocycles. The van der Waals surface area contributed by atoms with Crippen molar-refractivity contribution < 1.29 is 19.4 Å². The van der Waals surface area contributed by atoms with Crippen LogP contribution in [0, 0.1) is 0 Å². The number of hydrogen-bond acceptors (Lipinski definition) is 5. The predicted octanol–water partition coefficient (Wildman–Crippen LogP) is 4.57. The second kappa shape index (κ2) is 10.8. The molecule has 3 rings (SSSR count). The lowest BCUT2D eigenvalue weighted by Gasteiger charge is -2.30. The lowest BCUT2D eigenvalue weighted by Crippen LogP contribution is -2.50. The van der Waals surface area contributed by atoms with Crippen LogP contribution in [0.2, 0.25) is 0 Å². The van der Waals surface area contributed by atoms with E-state index in [0.29, 0.717) is 31.1 Å². The number of aliphatic hydroxyl groups is 1. The van der Waals surface area contributed by atoms with Crippen molar-refractivity contribution in [3.05, 3.63) is 76.8 Å². The molecule has 2 aromatic carbocycles. The second-order valence-corrected chi connectivity index (χ2v) is 8.88. The van der Waals surface area contributed by atoms with Crippen LogP contribution >= 0.6 is 15.9 Å². The minimum absolute atomic E-state index is 0.0376. The number of carbonyl (C=O) groups excluding carboxylic acids is 1. The normalized spacial score (nSPS) is 19.9. The molecule has 7 heteroatoms. The van der Waals surface area contributed by atoms with Gasteiger partial charge in [0.15, 0.2) is 11.6 Å². The highest BCUT2D eigenvalue weighted by Crippen LogP contribution is 2.43. The SMILES string of the molecule is C=CC[C@@]1(C(=O)NC(C)C)N=C(c2ccc(OCCCO)cc2)O[C@@H]1c1ccc(Br)cc1. The van der Waals surface area contributed by atoms with Gasteiger partial charge in [-0.05, 0) is 55.8 Å². The molecule has 0 spiro atoms. The van der Waals surface area contributed by atoms with E-state index in [1.807, 2.05) is 62.4 Å². The fraction of sp³-hybridized carbons (Fsp3) is 0.360. The quantitative estimate of drug-likeness (QED) is 0.369. The molecule has 0 saturated carbocycles. The van der Waals surface area contributed by atoms with Crippen molar-refractivity contribution in [2.75, 3.05) is 13.2 Å². The van der Waals surface area contributed by atoms with Crippen LogP contribution < -0.4 is 10.1 Å². The zero-order valence-corrected chi connectivity index (χ0v) is 20.0. The van der Waals surface area contributed by atoms with Crippen LogP contribution in [0.5, 0.6) is 5.75 Å². The molecule has 1 aliphatic rings. The number of carbonyl (C=O) groups is 1. The monoisotopic (exact) mass is 500 g/mol. The summed E-state index contributed by atoms with van der Waals surface area (Å²) in [5, 5.41) is 11.9. The molecule has 1 heterocycles. The molecular weight excluding hydrogens is 472 g/mol. The van der Waals surface area contributed by atoms with Gasteiger partial charge in [-0.15, -0.1) is 6.58 Å². The number of benzene rings is 2. The fourth-order valence-electron chi connectivity index (χ4n) is 3.56. The Morgan fingerprint density at radius 1 is 1.28 bits per heavy atom. The van der Waals surface area contributed by atoms with E-state index in [2.05, 4.69) is 27.8 Å². The van der Waals surface area contributed by atoms with Gasteiger partial charge in [-0.25, -0.2) is 4.99 Å². The van der Waals surface area contributed by atoms with E-state index >= 15 is 0 Å². The van der Waals surface area contributed by atoms with E-state index in [0.717, 1.165) is 15.6 Å². The maximum Gasteiger partial charge on any atom is 0.252 e. The first-order valence-corrected chi connectivity index (χ1v) is 11.5. The molecule has 2 atom stereocenters. The van der Waals surface area contributed by atoms with Crippen molar-refractivity contribution in [3.8, 4) is 5.75 Å². The van der Waals surface area contributed by atoms with E-state index < -0.39 is 11.6 Å². The molecule has 170 valence electrons. The lowest BCUT2D eigenvalue weighted by atomic mass is 9.84. The summed E-state index contributed by atoms with van der Waals surface area (Å²) in [6.07, 6.45) is 2.02. The van der Waals surface area contributed by atoms with Crippen LogP contribution in [0.3, 0.4) is 0 Å². The third-order valence-electron chi connectivity index (χ3n) is 5.08. The average molecular weight is 501 g/mol. The van der Waals surface area contributed by atoms with Crippen LogP contribution in [-0.4, -0.2) is 41.7 Å². The zero-order chi connectivity index (χ0) is 23.1. The first-order valence-electron chi connectivity index (χ1n) is 10.7. The van der Waals surface area contributed by atoms with Crippen molar-refractivity contribution >= 4 is 27.7 Å². The van der Waals surface area contributed by atoms with E-state index in [1.54, 1.807) is 6.08 Å². The van der Waals surface area contributed by atoms with Crippen LogP contribution in [0.1, 0.15) is 43.9 Å². The highest BCUT2D eigenvalue weighted by molar-refractivity contribution is 9.10. The van der Waals surface area contributed by atoms with Crippen molar-refractivity contribution in [2.24, 2.45) is 4.99 Å². The van der Waals surface area contributed by atoms with Crippen molar-refractivity contribution in [1.82, 2.24) is 5.32 Å². The molecule has 0 aliphatic carbocycles. The van der Waals surface area contributed by atoms with E-state index in [4.69, 9.17) is 19.6 Å². The summed E-state index contributed by atoms with van der Waals surface area (Å²) < 4.78 is 12.9. The Balaban J connectivity index is 1.98. The highest BCUT2D eigenvalue weighted by atomic mass is 79.9. The highest BCUT2D eigenvalue weighted by Gasteiger charge is 2.52. The Bertz CT molecular complexity index is 957. The van der Waals surface area contributed by atoms with Crippen molar-refractivity contribution in [3.63, 3.8) is 0 Å². The number of ether oxygens (including phenoxy) is 2. The summed E-state index contributed by atoms with van der Waals surface area (Å²) in [7, 11) is 0. The molecule has 0 aromatic heterocycles. The summed E-state index contributed by atoms with van der Waals surface area (Å²) in [6.45, 7) is 8.24. The first-order chi connectivity index (χ1) is 15.4. The molecule has 0 fully saturated rings. The second-order valence-electron chi connectivity index (χ2n) is 7.96. The number of amides is 1. The van der Waals surface area contributed by atoms with E-state index in [9.17, 15) is 4.79 Å². The van der Waals surface area contributed by atoms with Crippen LogP contribution in [0.15, 0.2) is 70.7 Å². The molecule has 1 amide bonds. The number of nitrogens with zero attached hydrogens (tertiary/aromatic N) is 1. The van der Waals surface area contributed by atoms with Gasteiger partial charge in [-0.3, -0.25) is 4.79 Å². The third kappa shape index (κ3) is 5.40. The number of aliphatic imine (C=N–C) groups is 1. The Labute approximate surface area is 197 Å². The van der Waals surface area contributed by atoms with Crippen LogP contribution in [-0.2, 0) is 9.53 Å². The largest absolute Gasteiger partial charge is 0.494 e. The molecule has 0 saturated heterocycles. The van der Waals surface area contributed by atoms with Crippen molar-refractivity contribution in [1.29, 1.82) is 0 Å². The number of hydrogen-bond donors (Lipinski definition) is 2. The van der Waals surface area contributed by atoms with E-state index in [1.165, 1.54) is 0 Å². The van der Waals surface area contributed by atoms with Crippen LogP contribution in [0.4, 0.5) is 0 Å². The Kier molecular flexibility index (Phi) is 8.10. The molecule has 0 bridgehead atoms. The van der Waals surface area contributed by atoms with Gasteiger partial charge < -0.3 is 19.9 Å². The predicted molar refractivity (Wildman–Crippen MR) is 129 cm³/mol. The minimum atomic E-state index is -1.16. The summed E-state index contributed by atoms with van der Waals surface area (Å²) in [5.41, 5.74) is 0.451. The molecule has 0 unspecified atom stereocenters. The summed E-state index contributed by atoms with van der Waals surface area (Å²) in [4.78, 5) is 18.2. The standard InChI is InChI=1S/C25H29BrN2O4/c1-4-14-25(24(30)27-17(2)3)22(18-6-10-20(26)11-7-18)32-23(28-25)19-8-12-21(13-9-19)31-16-5-15-29/h4,6-13,17,22,29H,1,5,14-16H2,2-3H3,(H,27,30)/t22-,25-/m1/s1. The lowest BCUT2D eigenvalue weighted by molar-refractivity contribution is -0.129. The summed E-state index contributed by atoms with van der Waals surface area (Å²) in [5.74, 6) is 0.903. The molecule has 2 N–H and O–H groups in total. The van der Waals surface area contributed by atoms with Gasteiger partial charge in [0.05, 0.1) is 6.61 Å². The van der Waals surface area contributed by atoms with Gasteiger partial charge in [0, 0.05) is 35.5 Å². The summed E-state index contributed by atoms with van der Waals surface area (Å²) in [6, 6.07) is 15.1. The average Bonchev–Trinajstić information content (AvgIpc) is 3.15. The Hall–Kier alpha value is -2.64. The maximum atomic E-state index is 13.4. The fourth-order valence-corrected chi connectivity index (χ4v) is 3.82. The van der Waals surface area contributed by atoms with Gasteiger partial charge in [-0.2, -0.15) is 0 Å². The molecule has 32 heavy (non-hydrogen) atoms. The Morgan fingerprint density at radius 3 is 2.56 bits per heavy atom. The van der Waals surface area contributed by atoms with Gasteiger partial charge in [0.2, 0.25) is 5.90 Å². The summed E-state index contributed by atoms with van der Waals surface area (Å²) >= 11 is 3.46. The van der Waals surface area contributed by atoms with Gasteiger partial charge >= 0.3 is 0 Å². The topological polar surface area (TPSA) is 80.2 Å². The number of halogens is 1. The third-order valence-corrected chi connectivity index (χ3v) is 5.61. The van der Waals surface area contributed by atoms with Gasteiger partial charge in [0.25, 0.3) is 5.91 Å². The molecular formula is C25H29BrN2O4. The zero-order valence-electron chi connectivity index (χ0n) is 18.4. The number of nitrogens with one attached hydrogen (secondary N) is 1. The number of rotatable bonds is 10. The minimum Gasteiger partial charge on any atom is -0.494 e. The molecule has 2 aromatic rings. The van der Waals surface area contributed by atoms with Gasteiger partial charge in [-0.1, -0.05) is 34.1 Å². The molecule has 0 radical (unpaired) electrons. The van der Waals surface area contributed by atoms with Crippen LogP contribution in [0.25, 0.3) is 0 Å². The van der Waals surface area contributed by atoms with Crippen molar-refractivity contribution in [2.45, 2.75) is 44.4 Å².